The molecule has 0 unspecified atom stereocenters. The molecule has 146 valence electrons. The van der Waals surface area contributed by atoms with E-state index in [0.717, 1.165) is 5.56 Å². The molecule has 1 aromatic heterocycles. The molecule has 0 saturated carbocycles. The number of nitrogens with one attached hydrogen (secondary N) is 1. The standard InChI is InChI=1S/C19H22ClN3O3.ClH/c20-16-4-2-1-3-14(16)11-23-12-15(5-6-17(23)24)22-18(25)19(13-21)7-9-26-10-8-19;/h1-6,12H,7-11,13,21H2,(H,22,25);1H. The monoisotopic (exact) mass is 411 g/mol. The van der Waals surface area contributed by atoms with Crippen LogP contribution >= 0.6 is 24.0 Å². The maximum atomic E-state index is 12.8. The second-order valence-electron chi connectivity index (χ2n) is 6.53. The van der Waals surface area contributed by atoms with Gasteiger partial charge in [-0.3, -0.25) is 9.59 Å². The number of benzene rings is 1. The van der Waals surface area contributed by atoms with Crippen LogP contribution in [0.1, 0.15) is 18.4 Å². The molecule has 1 aliphatic rings. The van der Waals surface area contributed by atoms with Gasteiger partial charge in [0.25, 0.3) is 5.56 Å². The van der Waals surface area contributed by atoms with Gasteiger partial charge < -0.3 is 20.4 Å². The summed E-state index contributed by atoms with van der Waals surface area (Å²) in [7, 11) is 0. The highest BCUT2D eigenvalue weighted by molar-refractivity contribution is 6.31. The van der Waals surface area contributed by atoms with Gasteiger partial charge in [-0.1, -0.05) is 29.8 Å². The van der Waals surface area contributed by atoms with Gasteiger partial charge >= 0.3 is 0 Å². The van der Waals surface area contributed by atoms with E-state index in [4.69, 9.17) is 22.1 Å². The van der Waals surface area contributed by atoms with Crippen LogP contribution in [0.2, 0.25) is 5.02 Å². The number of halogens is 2. The molecule has 0 atom stereocenters. The number of aromatic nitrogens is 1. The molecule has 2 heterocycles. The van der Waals surface area contributed by atoms with Crippen molar-refractivity contribution in [2.24, 2.45) is 11.1 Å². The Balaban J connectivity index is 0.00000261. The number of carbonyl (C=O) groups is 1. The molecule has 6 nitrogen and oxygen atoms in total. The quantitative estimate of drug-likeness (QED) is 0.791. The first kappa shape index (κ1) is 21.4. The Hall–Kier alpha value is -1.86. The normalized spacial score (nSPS) is 15.6. The highest BCUT2D eigenvalue weighted by Gasteiger charge is 2.38. The van der Waals surface area contributed by atoms with Gasteiger partial charge in [0.05, 0.1) is 17.6 Å². The zero-order valence-electron chi connectivity index (χ0n) is 14.8. The predicted molar refractivity (Wildman–Crippen MR) is 109 cm³/mol. The van der Waals surface area contributed by atoms with Crippen LogP contribution < -0.4 is 16.6 Å². The first-order valence-electron chi connectivity index (χ1n) is 8.57. The lowest BCUT2D eigenvalue weighted by Crippen LogP contribution is -2.46. The van der Waals surface area contributed by atoms with Crippen LogP contribution in [0.25, 0.3) is 0 Å². The third kappa shape index (κ3) is 4.90. The van der Waals surface area contributed by atoms with Crippen LogP contribution in [0.15, 0.2) is 47.4 Å². The van der Waals surface area contributed by atoms with E-state index in [0.29, 0.717) is 43.3 Å². The van der Waals surface area contributed by atoms with Crippen molar-refractivity contribution in [1.82, 2.24) is 4.57 Å². The van der Waals surface area contributed by atoms with Crippen molar-refractivity contribution in [3.05, 3.63) is 63.5 Å². The zero-order chi connectivity index (χ0) is 18.6. The van der Waals surface area contributed by atoms with Crippen molar-refractivity contribution >= 4 is 35.6 Å². The summed E-state index contributed by atoms with van der Waals surface area (Å²) < 4.78 is 6.87. The highest BCUT2D eigenvalue weighted by Crippen LogP contribution is 2.30. The van der Waals surface area contributed by atoms with Gasteiger partial charge in [-0.25, -0.2) is 0 Å². The summed E-state index contributed by atoms with van der Waals surface area (Å²) >= 11 is 6.18. The SMILES string of the molecule is Cl.NCC1(C(=O)Nc2ccc(=O)n(Cc3ccccc3Cl)c2)CCOCC1. The molecule has 8 heteroatoms. The average molecular weight is 412 g/mol. The van der Waals surface area contributed by atoms with Crippen LogP contribution in [0.5, 0.6) is 0 Å². The van der Waals surface area contributed by atoms with E-state index in [9.17, 15) is 9.59 Å². The number of rotatable bonds is 5. The minimum absolute atomic E-state index is 0. The second kappa shape index (κ2) is 9.37. The molecule has 3 N–H and O–H groups in total. The van der Waals surface area contributed by atoms with Gasteiger partial charge in [-0.15, -0.1) is 12.4 Å². The number of hydrogen-bond donors (Lipinski definition) is 2. The van der Waals surface area contributed by atoms with Crippen LogP contribution in [-0.2, 0) is 16.1 Å². The summed E-state index contributed by atoms with van der Waals surface area (Å²) in [6, 6.07) is 10.4. The minimum atomic E-state index is -0.623. The van der Waals surface area contributed by atoms with Gasteiger partial charge in [-0.2, -0.15) is 0 Å². The molecule has 2 aromatic rings. The minimum Gasteiger partial charge on any atom is -0.381 e. The molecule has 1 amide bonds. The van der Waals surface area contributed by atoms with Gasteiger partial charge in [0.15, 0.2) is 0 Å². The predicted octanol–water partition coefficient (Wildman–Crippen LogP) is 2.67. The van der Waals surface area contributed by atoms with E-state index in [-0.39, 0.29) is 30.4 Å². The Morgan fingerprint density at radius 2 is 1.93 bits per heavy atom. The molecule has 1 aliphatic heterocycles. The first-order valence-corrected chi connectivity index (χ1v) is 8.95. The van der Waals surface area contributed by atoms with Crippen molar-refractivity contribution in [3.8, 4) is 0 Å². The Bertz CT molecular complexity index is 848. The first-order chi connectivity index (χ1) is 12.5. The Labute approximate surface area is 169 Å². The summed E-state index contributed by atoms with van der Waals surface area (Å²) in [4.78, 5) is 24.9. The molecule has 0 bridgehead atoms. The Morgan fingerprint density at radius 3 is 2.59 bits per heavy atom. The molecule has 0 radical (unpaired) electrons. The van der Waals surface area contributed by atoms with Crippen LogP contribution in [0.3, 0.4) is 0 Å². The van der Waals surface area contributed by atoms with Gasteiger partial charge in [0.1, 0.15) is 0 Å². The number of anilines is 1. The smallest absolute Gasteiger partial charge is 0.250 e. The maximum absolute atomic E-state index is 12.8. The third-order valence-electron chi connectivity index (χ3n) is 4.86. The van der Waals surface area contributed by atoms with E-state index >= 15 is 0 Å². The lowest BCUT2D eigenvalue weighted by atomic mass is 9.79. The fourth-order valence-corrected chi connectivity index (χ4v) is 3.28. The molecule has 0 spiro atoms. The van der Waals surface area contributed by atoms with Gasteiger partial charge in [0, 0.05) is 37.0 Å². The Morgan fingerprint density at radius 1 is 1.22 bits per heavy atom. The second-order valence-corrected chi connectivity index (χ2v) is 6.93. The molecule has 27 heavy (non-hydrogen) atoms. The summed E-state index contributed by atoms with van der Waals surface area (Å²) in [6.07, 6.45) is 2.82. The number of hydrogen-bond acceptors (Lipinski definition) is 4. The molecule has 0 aliphatic carbocycles. The fourth-order valence-electron chi connectivity index (χ4n) is 3.09. The third-order valence-corrected chi connectivity index (χ3v) is 5.23. The van der Waals surface area contributed by atoms with E-state index in [1.54, 1.807) is 18.3 Å². The molecule has 1 fully saturated rings. The number of amides is 1. The largest absolute Gasteiger partial charge is 0.381 e. The van der Waals surface area contributed by atoms with Gasteiger partial charge in [0.2, 0.25) is 5.91 Å². The molecular weight excluding hydrogens is 389 g/mol. The number of ether oxygens (including phenoxy) is 1. The average Bonchev–Trinajstić information content (AvgIpc) is 2.66. The molecule has 1 saturated heterocycles. The van der Waals surface area contributed by atoms with Crippen LogP contribution in [-0.4, -0.2) is 30.2 Å². The van der Waals surface area contributed by atoms with Crippen molar-refractivity contribution in [2.45, 2.75) is 19.4 Å². The molecule has 1 aromatic carbocycles. The molecular formula is C19H23Cl2N3O3. The van der Waals surface area contributed by atoms with E-state index < -0.39 is 5.41 Å². The number of carbonyl (C=O) groups excluding carboxylic acids is 1. The maximum Gasteiger partial charge on any atom is 0.250 e. The number of pyridine rings is 1. The van der Waals surface area contributed by atoms with Crippen LogP contribution in [0.4, 0.5) is 5.69 Å². The summed E-state index contributed by atoms with van der Waals surface area (Å²) in [5.74, 6) is -0.133. The summed E-state index contributed by atoms with van der Waals surface area (Å²) in [5.41, 5.74) is 6.48. The Kier molecular flexibility index (Phi) is 7.44. The lowest BCUT2D eigenvalue weighted by molar-refractivity contribution is -0.130. The van der Waals surface area contributed by atoms with Crippen molar-refractivity contribution in [1.29, 1.82) is 0 Å². The number of nitrogens with zero attached hydrogens (tertiary/aromatic N) is 1. The van der Waals surface area contributed by atoms with Crippen molar-refractivity contribution < 1.29 is 9.53 Å². The summed E-state index contributed by atoms with van der Waals surface area (Å²) in [5, 5.41) is 3.50. The van der Waals surface area contributed by atoms with Crippen molar-refractivity contribution in [3.63, 3.8) is 0 Å². The van der Waals surface area contributed by atoms with E-state index in [1.807, 2.05) is 18.2 Å². The lowest BCUT2D eigenvalue weighted by Gasteiger charge is -2.34. The van der Waals surface area contributed by atoms with E-state index in [1.165, 1.54) is 10.6 Å². The van der Waals surface area contributed by atoms with Crippen LogP contribution in [0, 0.1) is 5.41 Å². The fraction of sp³-hybridized carbons (Fsp3) is 0.368. The van der Waals surface area contributed by atoms with Crippen molar-refractivity contribution in [2.75, 3.05) is 25.1 Å². The number of nitrogens with two attached hydrogens (primary N) is 1. The topological polar surface area (TPSA) is 86.4 Å². The van der Waals surface area contributed by atoms with Gasteiger partial charge in [-0.05, 0) is 30.5 Å². The molecule has 3 rings (SSSR count). The highest BCUT2D eigenvalue weighted by atomic mass is 35.5. The summed E-state index contributed by atoms with van der Waals surface area (Å²) in [6.45, 7) is 1.65. The zero-order valence-corrected chi connectivity index (χ0v) is 16.4. The van der Waals surface area contributed by atoms with E-state index in [2.05, 4.69) is 5.32 Å².